The molecule has 2 aromatic carbocycles. The number of aromatic nitrogens is 1. The van der Waals surface area contributed by atoms with Crippen molar-refractivity contribution in [3.05, 3.63) is 78.5 Å². The van der Waals surface area contributed by atoms with E-state index in [4.69, 9.17) is 14.7 Å². The number of allylic oxidation sites excluding steroid dienone is 1. The number of aliphatic carboxylic acids is 1. The maximum Gasteiger partial charge on any atom is 0.357 e. The van der Waals surface area contributed by atoms with Gasteiger partial charge in [0.1, 0.15) is 12.4 Å². The van der Waals surface area contributed by atoms with E-state index in [1.54, 1.807) is 37.3 Å². The quantitative estimate of drug-likeness (QED) is 0.503. The highest BCUT2D eigenvalue weighted by Gasteiger charge is 2.06. The number of benzene rings is 2. The summed E-state index contributed by atoms with van der Waals surface area (Å²) in [6.45, 7) is 2.04. The van der Waals surface area contributed by atoms with Gasteiger partial charge in [-0.05, 0) is 49.4 Å². The molecule has 0 amide bonds. The first kappa shape index (κ1) is 18.1. The molecule has 0 aliphatic carbocycles. The van der Waals surface area contributed by atoms with E-state index >= 15 is 0 Å². The minimum absolute atomic E-state index is 0.180. The highest BCUT2D eigenvalue weighted by Crippen LogP contribution is 2.19. The van der Waals surface area contributed by atoms with E-state index < -0.39 is 5.97 Å². The van der Waals surface area contributed by atoms with Crippen LogP contribution in [0.5, 0.6) is 11.5 Å². The van der Waals surface area contributed by atoms with Crippen LogP contribution < -0.4 is 9.57 Å². The predicted octanol–water partition coefficient (Wildman–Crippen LogP) is 4.21. The topological polar surface area (TPSA) is 81.0 Å². The first-order valence-electron chi connectivity index (χ1n) is 8.34. The Morgan fingerprint density at radius 3 is 2.56 bits per heavy atom. The summed E-state index contributed by atoms with van der Waals surface area (Å²) in [7, 11) is 0. The van der Waals surface area contributed by atoms with Crippen LogP contribution in [0.2, 0.25) is 0 Å². The third kappa shape index (κ3) is 4.92. The lowest BCUT2D eigenvalue weighted by Gasteiger charge is -2.07. The molecule has 1 aromatic heterocycles. The molecular weight excluding hydrogens is 344 g/mol. The smallest absolute Gasteiger partial charge is 0.357 e. The normalized spacial score (nSPS) is 11.7. The van der Waals surface area contributed by atoms with Crippen LogP contribution >= 0.6 is 0 Å². The van der Waals surface area contributed by atoms with Crippen LogP contribution in [0.4, 0.5) is 0 Å². The Balaban J connectivity index is 1.61. The number of nitrogens with zero attached hydrogens (tertiary/aromatic N) is 2. The Kier molecular flexibility index (Phi) is 5.79. The van der Waals surface area contributed by atoms with Crippen molar-refractivity contribution < 1.29 is 19.5 Å². The first-order valence-corrected chi connectivity index (χ1v) is 8.34. The van der Waals surface area contributed by atoms with E-state index in [9.17, 15) is 4.79 Å². The Morgan fingerprint density at radius 2 is 1.81 bits per heavy atom. The second kappa shape index (κ2) is 8.62. The Hall–Kier alpha value is -3.67. The lowest BCUT2D eigenvalue weighted by atomic mass is 10.2. The summed E-state index contributed by atoms with van der Waals surface area (Å²) < 4.78 is 5.74. The molecule has 3 aromatic rings. The minimum Gasteiger partial charge on any atom is -0.487 e. The van der Waals surface area contributed by atoms with Gasteiger partial charge in [-0.25, -0.2) is 9.78 Å². The minimum atomic E-state index is -1.16. The van der Waals surface area contributed by atoms with E-state index in [0.29, 0.717) is 18.1 Å². The maximum atomic E-state index is 11.0. The molecule has 6 nitrogen and oxygen atoms in total. The molecule has 0 spiro atoms. The molecule has 1 heterocycles. The van der Waals surface area contributed by atoms with Crippen LogP contribution in [-0.4, -0.2) is 21.8 Å². The van der Waals surface area contributed by atoms with Crippen molar-refractivity contribution in [1.29, 1.82) is 0 Å². The molecule has 3 rings (SSSR count). The van der Waals surface area contributed by atoms with Crippen LogP contribution in [-0.2, 0) is 11.4 Å². The number of pyridine rings is 1. The Labute approximate surface area is 156 Å². The van der Waals surface area contributed by atoms with Gasteiger partial charge in [-0.3, -0.25) is 0 Å². The van der Waals surface area contributed by atoms with E-state index in [0.717, 1.165) is 16.6 Å². The van der Waals surface area contributed by atoms with Crippen LogP contribution in [0.25, 0.3) is 10.9 Å². The number of carboxylic acid groups (broad SMARTS) is 1. The van der Waals surface area contributed by atoms with Gasteiger partial charge in [0.05, 0.1) is 11.2 Å². The van der Waals surface area contributed by atoms with Gasteiger partial charge in [0.15, 0.2) is 11.5 Å². The summed E-state index contributed by atoms with van der Waals surface area (Å²) in [6.07, 6.45) is 2.93. The number of carboxylic acids is 1. The number of hydrogen-bond acceptors (Lipinski definition) is 5. The molecule has 27 heavy (non-hydrogen) atoms. The Morgan fingerprint density at radius 1 is 1.07 bits per heavy atom. The van der Waals surface area contributed by atoms with Crippen LogP contribution in [0.1, 0.15) is 12.6 Å². The standard InChI is InChI=1S/C21H18N2O4/c1-2-5-20(21(24)25)23-27-18-12-10-17(11-13-18)26-14-16-9-8-15-6-3-4-7-19(15)22-16/h2-13H,14H2,1H3,(H,24,25). The number of ether oxygens (including phenoxy) is 1. The fourth-order valence-corrected chi connectivity index (χ4v) is 2.34. The fourth-order valence-electron chi connectivity index (χ4n) is 2.34. The molecule has 0 saturated carbocycles. The van der Waals surface area contributed by atoms with Crippen molar-refractivity contribution in [2.24, 2.45) is 5.16 Å². The number of carbonyl (C=O) groups is 1. The zero-order chi connectivity index (χ0) is 19.1. The highest BCUT2D eigenvalue weighted by atomic mass is 16.6. The van der Waals surface area contributed by atoms with Crippen molar-refractivity contribution in [2.75, 3.05) is 0 Å². The first-order chi connectivity index (χ1) is 13.2. The van der Waals surface area contributed by atoms with Crippen molar-refractivity contribution in [2.45, 2.75) is 13.5 Å². The van der Waals surface area contributed by atoms with E-state index in [-0.39, 0.29) is 5.71 Å². The molecule has 0 bridgehead atoms. The van der Waals surface area contributed by atoms with Gasteiger partial charge in [-0.2, -0.15) is 0 Å². The molecule has 0 aliphatic rings. The molecule has 1 N–H and O–H groups in total. The van der Waals surface area contributed by atoms with E-state index in [1.165, 1.54) is 6.08 Å². The predicted molar refractivity (Wildman–Crippen MR) is 103 cm³/mol. The van der Waals surface area contributed by atoms with E-state index in [1.807, 2.05) is 36.4 Å². The number of hydrogen-bond donors (Lipinski definition) is 1. The molecule has 0 unspecified atom stereocenters. The molecular formula is C21H18N2O4. The Bertz CT molecular complexity index is 994. The molecule has 0 saturated heterocycles. The third-order valence-electron chi connectivity index (χ3n) is 3.66. The lowest BCUT2D eigenvalue weighted by molar-refractivity contribution is -0.129. The maximum absolute atomic E-state index is 11.0. The van der Waals surface area contributed by atoms with Gasteiger partial charge in [0.2, 0.25) is 0 Å². The fraction of sp³-hybridized carbons (Fsp3) is 0.0952. The second-order valence-electron chi connectivity index (χ2n) is 5.63. The second-order valence-corrected chi connectivity index (χ2v) is 5.63. The van der Waals surface area contributed by atoms with Crippen molar-refractivity contribution in [3.8, 4) is 11.5 Å². The van der Waals surface area contributed by atoms with Crippen molar-refractivity contribution >= 4 is 22.6 Å². The molecule has 136 valence electrons. The van der Waals surface area contributed by atoms with Crippen LogP contribution in [0.15, 0.2) is 78.0 Å². The summed E-state index contributed by atoms with van der Waals surface area (Å²) in [5.41, 5.74) is 1.58. The van der Waals surface area contributed by atoms with Gasteiger partial charge in [-0.15, -0.1) is 0 Å². The largest absolute Gasteiger partial charge is 0.487 e. The number of para-hydroxylation sites is 1. The third-order valence-corrected chi connectivity index (χ3v) is 3.66. The summed E-state index contributed by atoms with van der Waals surface area (Å²) in [5.74, 6) is -0.0985. The highest BCUT2D eigenvalue weighted by molar-refractivity contribution is 6.40. The number of fused-ring (bicyclic) bond motifs is 1. The van der Waals surface area contributed by atoms with Gasteiger partial charge in [0.25, 0.3) is 0 Å². The van der Waals surface area contributed by atoms with Crippen LogP contribution in [0, 0.1) is 0 Å². The van der Waals surface area contributed by atoms with Gasteiger partial charge in [-0.1, -0.05) is 35.5 Å². The summed E-state index contributed by atoms with van der Waals surface area (Å²) >= 11 is 0. The van der Waals surface area contributed by atoms with Crippen molar-refractivity contribution in [1.82, 2.24) is 4.98 Å². The van der Waals surface area contributed by atoms with E-state index in [2.05, 4.69) is 10.1 Å². The zero-order valence-electron chi connectivity index (χ0n) is 14.7. The average molecular weight is 362 g/mol. The summed E-state index contributed by atoms with van der Waals surface area (Å²) in [4.78, 5) is 20.7. The average Bonchev–Trinajstić information content (AvgIpc) is 2.70. The molecule has 0 atom stereocenters. The monoisotopic (exact) mass is 362 g/mol. The van der Waals surface area contributed by atoms with Crippen LogP contribution in [0.3, 0.4) is 0 Å². The molecule has 0 radical (unpaired) electrons. The molecule has 0 fully saturated rings. The number of rotatable bonds is 7. The van der Waals surface area contributed by atoms with Gasteiger partial charge in [0, 0.05) is 5.39 Å². The van der Waals surface area contributed by atoms with Gasteiger partial charge < -0.3 is 14.7 Å². The number of oxime groups is 1. The lowest BCUT2D eigenvalue weighted by Crippen LogP contribution is -2.11. The van der Waals surface area contributed by atoms with Gasteiger partial charge >= 0.3 is 5.97 Å². The summed E-state index contributed by atoms with van der Waals surface area (Å²) in [5, 5.41) is 13.7. The molecule has 6 heteroatoms. The van der Waals surface area contributed by atoms with Crippen molar-refractivity contribution in [3.63, 3.8) is 0 Å². The SMILES string of the molecule is CC=CC(=NOc1ccc(OCc2ccc3ccccc3n2)cc1)C(=O)O. The summed E-state index contributed by atoms with van der Waals surface area (Å²) in [6, 6.07) is 18.6. The molecule has 0 aliphatic heterocycles. The zero-order valence-corrected chi connectivity index (χ0v) is 14.7.